The van der Waals surface area contributed by atoms with Crippen LogP contribution in [0.4, 0.5) is 0 Å². The first-order valence-corrected chi connectivity index (χ1v) is 4.97. The van der Waals surface area contributed by atoms with Crippen molar-refractivity contribution in [3.05, 3.63) is 36.0 Å². The van der Waals surface area contributed by atoms with Gasteiger partial charge in [0.2, 0.25) is 0 Å². The van der Waals surface area contributed by atoms with E-state index in [1.807, 2.05) is 30.5 Å². The maximum Gasteiger partial charge on any atom is 0.260 e. The number of amides is 1. The van der Waals surface area contributed by atoms with E-state index < -0.39 is 11.9 Å². The molecule has 0 aliphatic heterocycles. The SMILES string of the molecule is N[C@@H](Cc1c[nH]c2ccccc12)C(=O)NO. The molecule has 0 aliphatic rings. The number of hydroxylamine groups is 1. The molecule has 0 bridgehead atoms. The number of hydrogen-bond donors (Lipinski definition) is 4. The van der Waals surface area contributed by atoms with Gasteiger partial charge in [-0.2, -0.15) is 0 Å². The molecular formula is C11H13N3O2. The van der Waals surface area contributed by atoms with Crippen LogP contribution in [-0.4, -0.2) is 22.1 Å². The highest BCUT2D eigenvalue weighted by atomic mass is 16.5. The summed E-state index contributed by atoms with van der Waals surface area (Å²) in [7, 11) is 0. The van der Waals surface area contributed by atoms with E-state index in [1.165, 1.54) is 0 Å². The summed E-state index contributed by atoms with van der Waals surface area (Å²) >= 11 is 0. The molecule has 2 rings (SSSR count). The highest BCUT2D eigenvalue weighted by molar-refractivity contribution is 5.85. The topological polar surface area (TPSA) is 91.1 Å². The predicted molar refractivity (Wildman–Crippen MR) is 59.9 cm³/mol. The number of H-pyrrole nitrogens is 1. The van der Waals surface area contributed by atoms with Crippen LogP contribution in [0, 0.1) is 0 Å². The molecule has 1 atom stereocenters. The Balaban J connectivity index is 2.24. The van der Waals surface area contributed by atoms with Crippen molar-refractivity contribution in [1.29, 1.82) is 0 Å². The number of benzene rings is 1. The summed E-state index contributed by atoms with van der Waals surface area (Å²) in [6, 6.07) is 7.03. The van der Waals surface area contributed by atoms with Gasteiger partial charge in [-0.3, -0.25) is 10.0 Å². The molecule has 1 aromatic heterocycles. The molecule has 5 heteroatoms. The van der Waals surface area contributed by atoms with Crippen LogP contribution in [0.2, 0.25) is 0 Å². The Labute approximate surface area is 92.2 Å². The van der Waals surface area contributed by atoms with Gasteiger partial charge in [-0.25, -0.2) is 5.48 Å². The van der Waals surface area contributed by atoms with Crippen LogP contribution in [-0.2, 0) is 11.2 Å². The number of carbonyl (C=O) groups excluding carboxylic acids is 1. The van der Waals surface area contributed by atoms with Crippen molar-refractivity contribution in [2.24, 2.45) is 5.73 Å². The molecule has 0 saturated heterocycles. The summed E-state index contributed by atoms with van der Waals surface area (Å²) < 4.78 is 0. The van der Waals surface area contributed by atoms with Crippen LogP contribution in [0.1, 0.15) is 5.56 Å². The van der Waals surface area contributed by atoms with Gasteiger partial charge in [0, 0.05) is 17.1 Å². The van der Waals surface area contributed by atoms with Gasteiger partial charge in [-0.05, 0) is 18.1 Å². The third-order valence-electron chi connectivity index (χ3n) is 2.56. The standard InChI is InChI=1S/C11H13N3O2/c12-9(11(15)14-16)5-7-6-13-10-4-2-1-3-8(7)10/h1-4,6,9,13,16H,5,12H2,(H,14,15)/t9-/m0/s1. The molecule has 0 spiro atoms. The quantitative estimate of drug-likeness (QED) is 0.448. The number of rotatable bonds is 3. The molecule has 0 unspecified atom stereocenters. The summed E-state index contributed by atoms with van der Waals surface area (Å²) in [5.41, 5.74) is 9.15. The van der Waals surface area contributed by atoms with E-state index in [0.717, 1.165) is 16.5 Å². The Hall–Kier alpha value is -1.85. The van der Waals surface area contributed by atoms with Crippen LogP contribution < -0.4 is 11.2 Å². The van der Waals surface area contributed by atoms with Gasteiger partial charge in [0.25, 0.3) is 5.91 Å². The first-order chi connectivity index (χ1) is 7.72. The largest absolute Gasteiger partial charge is 0.361 e. The van der Waals surface area contributed by atoms with Crippen molar-refractivity contribution < 1.29 is 10.0 Å². The number of carbonyl (C=O) groups is 1. The lowest BCUT2D eigenvalue weighted by atomic mass is 10.1. The van der Waals surface area contributed by atoms with E-state index in [4.69, 9.17) is 10.9 Å². The van der Waals surface area contributed by atoms with Gasteiger partial charge < -0.3 is 10.7 Å². The second-order valence-electron chi connectivity index (χ2n) is 3.65. The molecule has 2 aromatic rings. The zero-order chi connectivity index (χ0) is 11.5. The van der Waals surface area contributed by atoms with E-state index in [9.17, 15) is 4.79 Å². The number of nitrogens with one attached hydrogen (secondary N) is 2. The number of para-hydroxylation sites is 1. The average molecular weight is 219 g/mol. The van der Waals surface area contributed by atoms with Crippen molar-refractivity contribution >= 4 is 16.8 Å². The van der Waals surface area contributed by atoms with Crippen molar-refractivity contribution in [1.82, 2.24) is 10.5 Å². The molecule has 0 fully saturated rings. The van der Waals surface area contributed by atoms with Gasteiger partial charge in [-0.15, -0.1) is 0 Å². The van der Waals surface area contributed by atoms with Gasteiger partial charge in [-0.1, -0.05) is 18.2 Å². The summed E-state index contributed by atoms with van der Waals surface area (Å²) in [5.74, 6) is -0.578. The van der Waals surface area contributed by atoms with Gasteiger partial charge in [0.1, 0.15) is 0 Å². The Kier molecular flexibility index (Phi) is 2.89. The third kappa shape index (κ3) is 1.91. The molecule has 0 radical (unpaired) electrons. The smallest absolute Gasteiger partial charge is 0.260 e. The number of aromatic amines is 1. The minimum Gasteiger partial charge on any atom is -0.361 e. The monoisotopic (exact) mass is 219 g/mol. The minimum absolute atomic E-state index is 0.385. The fraction of sp³-hybridized carbons (Fsp3) is 0.182. The van der Waals surface area contributed by atoms with Crippen LogP contribution >= 0.6 is 0 Å². The molecule has 1 aromatic carbocycles. The van der Waals surface area contributed by atoms with Crippen molar-refractivity contribution in [2.75, 3.05) is 0 Å². The summed E-state index contributed by atoms with van der Waals surface area (Å²) in [5, 5.41) is 9.50. The van der Waals surface area contributed by atoms with Crippen LogP contribution in [0.3, 0.4) is 0 Å². The second kappa shape index (κ2) is 4.34. The van der Waals surface area contributed by atoms with E-state index in [-0.39, 0.29) is 0 Å². The van der Waals surface area contributed by atoms with Crippen molar-refractivity contribution in [3.8, 4) is 0 Å². The second-order valence-corrected chi connectivity index (χ2v) is 3.65. The lowest BCUT2D eigenvalue weighted by Crippen LogP contribution is -2.40. The highest BCUT2D eigenvalue weighted by Crippen LogP contribution is 2.18. The van der Waals surface area contributed by atoms with Crippen LogP contribution in [0.15, 0.2) is 30.5 Å². The normalized spacial score (nSPS) is 12.6. The molecule has 1 heterocycles. The third-order valence-corrected chi connectivity index (χ3v) is 2.56. The van der Waals surface area contributed by atoms with Crippen molar-refractivity contribution in [3.63, 3.8) is 0 Å². The first-order valence-electron chi connectivity index (χ1n) is 4.97. The fourth-order valence-corrected chi connectivity index (χ4v) is 1.71. The maximum atomic E-state index is 11.1. The van der Waals surface area contributed by atoms with E-state index in [2.05, 4.69) is 4.98 Å². The molecule has 1 amide bonds. The number of fused-ring (bicyclic) bond motifs is 1. The fourth-order valence-electron chi connectivity index (χ4n) is 1.71. The molecule has 5 N–H and O–H groups in total. The summed E-state index contributed by atoms with van der Waals surface area (Å²) in [4.78, 5) is 14.2. The Morgan fingerprint density at radius 3 is 3.00 bits per heavy atom. The van der Waals surface area contributed by atoms with E-state index in [0.29, 0.717) is 6.42 Å². The Morgan fingerprint density at radius 1 is 1.50 bits per heavy atom. The van der Waals surface area contributed by atoms with E-state index >= 15 is 0 Å². The molecule has 0 saturated carbocycles. The Morgan fingerprint density at radius 2 is 2.25 bits per heavy atom. The van der Waals surface area contributed by atoms with Gasteiger partial charge in [0.05, 0.1) is 6.04 Å². The van der Waals surface area contributed by atoms with Gasteiger partial charge in [0.15, 0.2) is 0 Å². The van der Waals surface area contributed by atoms with E-state index in [1.54, 1.807) is 5.48 Å². The lowest BCUT2D eigenvalue weighted by molar-refractivity contribution is -0.130. The highest BCUT2D eigenvalue weighted by Gasteiger charge is 2.15. The average Bonchev–Trinajstić information content (AvgIpc) is 2.72. The predicted octanol–water partition coefficient (Wildman–Crippen LogP) is 0.543. The molecule has 0 aliphatic carbocycles. The Bertz CT molecular complexity index is 507. The summed E-state index contributed by atoms with van der Waals surface area (Å²) in [6.45, 7) is 0. The number of nitrogens with two attached hydrogens (primary N) is 1. The van der Waals surface area contributed by atoms with Crippen molar-refractivity contribution in [2.45, 2.75) is 12.5 Å². The molecule has 5 nitrogen and oxygen atoms in total. The first kappa shape index (κ1) is 10.7. The minimum atomic E-state index is -0.746. The summed E-state index contributed by atoms with van der Waals surface area (Å²) in [6.07, 6.45) is 2.21. The zero-order valence-corrected chi connectivity index (χ0v) is 8.60. The maximum absolute atomic E-state index is 11.1. The van der Waals surface area contributed by atoms with Crippen LogP contribution in [0.25, 0.3) is 10.9 Å². The molecule has 16 heavy (non-hydrogen) atoms. The lowest BCUT2D eigenvalue weighted by Gasteiger charge is -2.07. The molecular weight excluding hydrogens is 206 g/mol. The zero-order valence-electron chi connectivity index (χ0n) is 8.60. The number of aromatic nitrogens is 1. The number of hydrogen-bond acceptors (Lipinski definition) is 3. The van der Waals surface area contributed by atoms with Gasteiger partial charge >= 0.3 is 0 Å². The van der Waals surface area contributed by atoms with Crippen LogP contribution in [0.5, 0.6) is 0 Å². The molecule has 84 valence electrons.